The van der Waals surface area contributed by atoms with Crippen molar-refractivity contribution in [2.75, 3.05) is 37.4 Å². The molecule has 0 aromatic heterocycles. The van der Waals surface area contributed by atoms with Crippen molar-refractivity contribution in [3.63, 3.8) is 0 Å². The summed E-state index contributed by atoms with van der Waals surface area (Å²) in [5, 5.41) is 2.80. The fourth-order valence-electron chi connectivity index (χ4n) is 2.17. The van der Waals surface area contributed by atoms with Crippen molar-refractivity contribution in [3.05, 3.63) is 23.8 Å². The van der Waals surface area contributed by atoms with Crippen molar-refractivity contribution in [2.45, 2.75) is 4.90 Å². The van der Waals surface area contributed by atoms with Crippen LogP contribution in [0.5, 0.6) is 0 Å². The second-order valence-corrected chi connectivity index (χ2v) is 5.47. The second-order valence-electron chi connectivity index (χ2n) is 4.45. The molecule has 0 aliphatic carbocycles. The Morgan fingerprint density at radius 2 is 2.11 bits per heavy atom. The van der Waals surface area contributed by atoms with E-state index >= 15 is 0 Å². The minimum Gasteiger partial charge on any atom is -0.378 e. The number of rotatable bonds is 1. The first-order chi connectivity index (χ1) is 9.24. The van der Waals surface area contributed by atoms with E-state index in [1.165, 1.54) is 11.8 Å². The van der Waals surface area contributed by atoms with Crippen LogP contribution < -0.4 is 5.32 Å². The molecule has 19 heavy (non-hydrogen) atoms. The minimum atomic E-state index is -0.0199. The van der Waals surface area contributed by atoms with E-state index < -0.39 is 0 Å². The van der Waals surface area contributed by atoms with Crippen LogP contribution in [0.2, 0.25) is 0 Å². The Hall–Kier alpha value is -1.53. The van der Waals surface area contributed by atoms with E-state index in [0.29, 0.717) is 37.6 Å². The average molecular weight is 278 g/mol. The molecule has 0 bridgehead atoms. The van der Waals surface area contributed by atoms with Crippen LogP contribution in [0.15, 0.2) is 23.1 Å². The van der Waals surface area contributed by atoms with E-state index in [1.54, 1.807) is 11.0 Å². The van der Waals surface area contributed by atoms with Crippen molar-refractivity contribution >= 4 is 29.3 Å². The lowest BCUT2D eigenvalue weighted by Crippen LogP contribution is -2.40. The third-order valence-electron chi connectivity index (χ3n) is 3.16. The summed E-state index contributed by atoms with van der Waals surface area (Å²) in [6.07, 6.45) is 0. The summed E-state index contributed by atoms with van der Waals surface area (Å²) in [4.78, 5) is 26.5. The molecule has 100 valence electrons. The Balaban J connectivity index is 1.83. The molecule has 0 radical (unpaired) electrons. The summed E-state index contributed by atoms with van der Waals surface area (Å²) in [6.45, 7) is 2.42. The predicted octanol–water partition coefficient (Wildman–Crippen LogP) is 1.20. The number of benzene rings is 1. The number of carbonyl (C=O) groups excluding carboxylic acids is 2. The van der Waals surface area contributed by atoms with Gasteiger partial charge in [0.15, 0.2) is 0 Å². The molecular formula is C13H14N2O3S. The van der Waals surface area contributed by atoms with Crippen LogP contribution in [-0.4, -0.2) is 48.8 Å². The van der Waals surface area contributed by atoms with E-state index in [9.17, 15) is 9.59 Å². The van der Waals surface area contributed by atoms with Gasteiger partial charge in [0.2, 0.25) is 5.91 Å². The summed E-state index contributed by atoms with van der Waals surface area (Å²) in [6, 6.07) is 5.48. The van der Waals surface area contributed by atoms with E-state index in [-0.39, 0.29) is 11.8 Å². The van der Waals surface area contributed by atoms with Gasteiger partial charge in [-0.15, -0.1) is 11.8 Å². The lowest BCUT2D eigenvalue weighted by molar-refractivity contribution is -0.113. The number of anilines is 1. The molecule has 2 aliphatic rings. The van der Waals surface area contributed by atoms with Gasteiger partial charge in [-0.2, -0.15) is 0 Å². The highest BCUT2D eigenvalue weighted by Gasteiger charge is 2.21. The van der Waals surface area contributed by atoms with Gasteiger partial charge < -0.3 is 15.0 Å². The lowest BCUT2D eigenvalue weighted by atomic mass is 10.1. The molecular weight excluding hydrogens is 264 g/mol. The summed E-state index contributed by atoms with van der Waals surface area (Å²) >= 11 is 1.50. The molecule has 6 heteroatoms. The Morgan fingerprint density at radius 3 is 2.89 bits per heavy atom. The van der Waals surface area contributed by atoms with Crippen LogP contribution in [0.4, 0.5) is 5.69 Å². The van der Waals surface area contributed by atoms with E-state index in [4.69, 9.17) is 4.74 Å². The quantitative estimate of drug-likeness (QED) is 0.838. The molecule has 0 atom stereocenters. The molecule has 1 fully saturated rings. The number of nitrogens with one attached hydrogen (secondary N) is 1. The molecule has 2 heterocycles. The van der Waals surface area contributed by atoms with Crippen LogP contribution >= 0.6 is 11.8 Å². The Labute approximate surface area is 115 Å². The molecule has 2 amide bonds. The van der Waals surface area contributed by atoms with Gasteiger partial charge in [-0.25, -0.2) is 0 Å². The van der Waals surface area contributed by atoms with Crippen LogP contribution in [0, 0.1) is 0 Å². The largest absolute Gasteiger partial charge is 0.378 e. The molecule has 0 saturated carbocycles. The van der Waals surface area contributed by atoms with Gasteiger partial charge in [-0.1, -0.05) is 0 Å². The molecule has 1 aromatic rings. The molecule has 1 aromatic carbocycles. The normalized spacial score (nSPS) is 18.7. The highest BCUT2D eigenvalue weighted by Crippen LogP contribution is 2.32. The number of amides is 2. The summed E-state index contributed by atoms with van der Waals surface area (Å²) in [5.41, 5.74) is 1.35. The Kier molecular flexibility index (Phi) is 3.44. The SMILES string of the molecule is O=C1CSc2ccc(C(=O)N3CCOCC3)cc2N1. The van der Waals surface area contributed by atoms with Gasteiger partial charge >= 0.3 is 0 Å². The van der Waals surface area contributed by atoms with Crippen molar-refractivity contribution in [2.24, 2.45) is 0 Å². The van der Waals surface area contributed by atoms with E-state index in [0.717, 1.165) is 10.6 Å². The van der Waals surface area contributed by atoms with Crippen molar-refractivity contribution in [1.29, 1.82) is 0 Å². The number of thioether (sulfide) groups is 1. The van der Waals surface area contributed by atoms with Gasteiger partial charge in [0.25, 0.3) is 5.91 Å². The van der Waals surface area contributed by atoms with Gasteiger partial charge in [0, 0.05) is 23.5 Å². The van der Waals surface area contributed by atoms with Crippen LogP contribution in [0.3, 0.4) is 0 Å². The van der Waals surface area contributed by atoms with E-state index in [2.05, 4.69) is 5.32 Å². The Morgan fingerprint density at radius 1 is 1.32 bits per heavy atom. The fraction of sp³-hybridized carbons (Fsp3) is 0.385. The standard InChI is InChI=1S/C13H14N2O3S/c16-12-8-19-11-2-1-9(7-10(11)14-12)13(17)15-3-5-18-6-4-15/h1-2,7H,3-6,8H2,(H,14,16). The molecule has 3 rings (SSSR count). The van der Waals surface area contributed by atoms with Gasteiger partial charge in [-0.3, -0.25) is 9.59 Å². The maximum atomic E-state index is 12.3. The van der Waals surface area contributed by atoms with Gasteiger partial charge in [-0.05, 0) is 18.2 Å². The average Bonchev–Trinajstić information content (AvgIpc) is 2.46. The zero-order valence-electron chi connectivity index (χ0n) is 10.3. The monoisotopic (exact) mass is 278 g/mol. The molecule has 0 spiro atoms. The first-order valence-electron chi connectivity index (χ1n) is 6.18. The van der Waals surface area contributed by atoms with Crippen LogP contribution in [0.25, 0.3) is 0 Å². The zero-order chi connectivity index (χ0) is 13.2. The number of fused-ring (bicyclic) bond motifs is 1. The maximum absolute atomic E-state index is 12.3. The molecule has 5 nitrogen and oxygen atoms in total. The minimum absolute atomic E-state index is 0.00378. The summed E-state index contributed by atoms with van der Waals surface area (Å²) in [7, 11) is 0. The van der Waals surface area contributed by atoms with Gasteiger partial charge in [0.05, 0.1) is 24.7 Å². The molecule has 1 N–H and O–H groups in total. The lowest BCUT2D eigenvalue weighted by Gasteiger charge is -2.27. The smallest absolute Gasteiger partial charge is 0.254 e. The fourth-order valence-corrected chi connectivity index (χ4v) is 2.95. The molecule has 2 aliphatic heterocycles. The number of hydrogen-bond acceptors (Lipinski definition) is 4. The maximum Gasteiger partial charge on any atom is 0.254 e. The van der Waals surface area contributed by atoms with Crippen LogP contribution in [0.1, 0.15) is 10.4 Å². The number of carbonyl (C=O) groups is 2. The summed E-state index contributed by atoms with van der Waals surface area (Å²) in [5.74, 6) is 0.411. The number of ether oxygens (including phenoxy) is 1. The zero-order valence-corrected chi connectivity index (χ0v) is 11.2. The van der Waals surface area contributed by atoms with Crippen molar-refractivity contribution < 1.29 is 14.3 Å². The topological polar surface area (TPSA) is 58.6 Å². The van der Waals surface area contributed by atoms with Crippen LogP contribution in [-0.2, 0) is 9.53 Å². The molecule has 1 saturated heterocycles. The van der Waals surface area contributed by atoms with Gasteiger partial charge in [0.1, 0.15) is 0 Å². The third kappa shape index (κ3) is 2.59. The number of nitrogens with zero attached hydrogens (tertiary/aromatic N) is 1. The van der Waals surface area contributed by atoms with Crippen molar-refractivity contribution in [3.8, 4) is 0 Å². The summed E-state index contributed by atoms with van der Waals surface area (Å²) < 4.78 is 5.24. The number of hydrogen-bond donors (Lipinski definition) is 1. The third-order valence-corrected chi connectivity index (χ3v) is 4.23. The highest BCUT2D eigenvalue weighted by molar-refractivity contribution is 8.00. The predicted molar refractivity (Wildman–Crippen MR) is 72.5 cm³/mol. The highest BCUT2D eigenvalue weighted by atomic mass is 32.2. The first-order valence-corrected chi connectivity index (χ1v) is 7.16. The van der Waals surface area contributed by atoms with Crippen molar-refractivity contribution in [1.82, 2.24) is 4.90 Å². The Bertz CT molecular complexity index is 527. The molecule has 0 unspecified atom stereocenters. The van der Waals surface area contributed by atoms with E-state index in [1.807, 2.05) is 12.1 Å². The number of morpholine rings is 1. The second kappa shape index (κ2) is 5.22. The first kappa shape index (κ1) is 12.5.